The molecule has 0 radical (unpaired) electrons. The number of aromatic hydroxyl groups is 4. The van der Waals surface area contributed by atoms with Gasteiger partial charge in [0.2, 0.25) is 0 Å². The number of phenols is 4. The summed E-state index contributed by atoms with van der Waals surface area (Å²) in [5, 5.41) is 39.7. The smallest absolute Gasteiger partial charge is 0.157 e. The molecule has 4 bridgehead atoms. The first-order valence-electron chi connectivity index (χ1n) is 9.50. The van der Waals surface area contributed by atoms with Crippen LogP contribution in [0.5, 0.6) is 23.0 Å². The van der Waals surface area contributed by atoms with E-state index in [0.717, 1.165) is 24.0 Å². The summed E-state index contributed by atoms with van der Waals surface area (Å²) in [6, 6.07) is 10.5. The molecule has 0 spiro atoms. The van der Waals surface area contributed by atoms with Crippen molar-refractivity contribution >= 4 is 0 Å². The van der Waals surface area contributed by atoms with Crippen LogP contribution in [-0.4, -0.2) is 20.4 Å². The van der Waals surface area contributed by atoms with E-state index < -0.39 is 0 Å². The zero-order valence-electron chi connectivity index (χ0n) is 14.6. The summed E-state index contributed by atoms with van der Waals surface area (Å²) in [5.41, 5.74) is 2.07. The monoisotopic (exact) mass is 352 g/mol. The van der Waals surface area contributed by atoms with Gasteiger partial charge in [-0.25, -0.2) is 0 Å². The summed E-state index contributed by atoms with van der Waals surface area (Å²) < 4.78 is 0. The average molecular weight is 352 g/mol. The van der Waals surface area contributed by atoms with Gasteiger partial charge >= 0.3 is 0 Å². The molecule has 0 saturated heterocycles. The van der Waals surface area contributed by atoms with Crippen LogP contribution in [0.4, 0.5) is 0 Å². The van der Waals surface area contributed by atoms with Gasteiger partial charge in [-0.2, -0.15) is 0 Å². The Labute approximate surface area is 152 Å². The van der Waals surface area contributed by atoms with E-state index in [1.54, 1.807) is 24.3 Å². The lowest BCUT2D eigenvalue weighted by atomic mass is 9.42. The summed E-state index contributed by atoms with van der Waals surface area (Å²) in [6.07, 6.45) is 5.89. The van der Waals surface area contributed by atoms with E-state index in [1.165, 1.54) is 19.3 Å². The SMILES string of the molecule is Oc1ccc(C2C3CC4CC(C3)CC2(c2ccc(O)c(O)c2)C4)cc1O. The molecule has 136 valence electrons. The predicted octanol–water partition coefficient (Wildman–Crippen LogP) is 4.37. The predicted molar refractivity (Wildman–Crippen MR) is 97.5 cm³/mol. The molecule has 0 aliphatic heterocycles. The summed E-state index contributed by atoms with van der Waals surface area (Å²) >= 11 is 0. The van der Waals surface area contributed by atoms with Gasteiger partial charge in [-0.05, 0) is 91.2 Å². The maximum atomic E-state index is 10.1. The Morgan fingerprint density at radius 3 is 1.92 bits per heavy atom. The van der Waals surface area contributed by atoms with Crippen molar-refractivity contribution in [3.63, 3.8) is 0 Å². The van der Waals surface area contributed by atoms with Gasteiger partial charge in [0, 0.05) is 5.41 Å². The van der Waals surface area contributed by atoms with E-state index in [0.29, 0.717) is 17.8 Å². The van der Waals surface area contributed by atoms with E-state index in [4.69, 9.17) is 0 Å². The quantitative estimate of drug-likeness (QED) is 0.605. The van der Waals surface area contributed by atoms with E-state index in [-0.39, 0.29) is 34.3 Å². The van der Waals surface area contributed by atoms with Crippen molar-refractivity contribution in [2.45, 2.75) is 43.4 Å². The van der Waals surface area contributed by atoms with Crippen molar-refractivity contribution in [1.82, 2.24) is 0 Å². The Morgan fingerprint density at radius 2 is 1.31 bits per heavy atom. The van der Waals surface area contributed by atoms with Crippen LogP contribution in [-0.2, 0) is 5.41 Å². The zero-order valence-corrected chi connectivity index (χ0v) is 14.6. The molecule has 0 aromatic heterocycles. The van der Waals surface area contributed by atoms with Gasteiger partial charge in [0.1, 0.15) is 0 Å². The fourth-order valence-corrected chi connectivity index (χ4v) is 6.61. The van der Waals surface area contributed by atoms with Gasteiger partial charge < -0.3 is 20.4 Å². The molecule has 0 amide bonds. The van der Waals surface area contributed by atoms with Crippen LogP contribution in [0, 0.1) is 17.8 Å². The van der Waals surface area contributed by atoms with Crippen molar-refractivity contribution in [2.75, 3.05) is 0 Å². The minimum Gasteiger partial charge on any atom is -0.504 e. The molecule has 4 nitrogen and oxygen atoms in total. The Balaban J connectivity index is 1.68. The zero-order chi connectivity index (χ0) is 18.1. The molecular weight excluding hydrogens is 328 g/mol. The van der Waals surface area contributed by atoms with Crippen molar-refractivity contribution in [3.05, 3.63) is 47.5 Å². The maximum absolute atomic E-state index is 10.1. The second kappa shape index (κ2) is 5.32. The van der Waals surface area contributed by atoms with Crippen LogP contribution in [0.2, 0.25) is 0 Å². The molecule has 2 aromatic carbocycles. The van der Waals surface area contributed by atoms with Crippen molar-refractivity contribution < 1.29 is 20.4 Å². The molecule has 3 atom stereocenters. The number of phenolic OH excluding ortho intramolecular Hbond substituents is 4. The highest BCUT2D eigenvalue weighted by Gasteiger charge is 2.58. The molecule has 0 heterocycles. The average Bonchev–Trinajstić information content (AvgIpc) is 2.59. The molecule has 3 unspecified atom stereocenters. The third-order valence-corrected chi connectivity index (χ3v) is 7.22. The highest BCUT2D eigenvalue weighted by Crippen LogP contribution is 2.67. The normalized spacial score (nSPS) is 34.9. The number of benzene rings is 2. The third-order valence-electron chi connectivity index (χ3n) is 7.22. The maximum Gasteiger partial charge on any atom is 0.157 e. The van der Waals surface area contributed by atoms with Crippen LogP contribution in [0.3, 0.4) is 0 Å². The van der Waals surface area contributed by atoms with E-state index in [9.17, 15) is 20.4 Å². The number of hydrogen-bond donors (Lipinski definition) is 4. The summed E-state index contributed by atoms with van der Waals surface area (Å²) in [5.74, 6) is 1.93. The molecule has 4 aliphatic carbocycles. The van der Waals surface area contributed by atoms with Crippen LogP contribution in [0.15, 0.2) is 36.4 Å². The molecule has 4 saturated carbocycles. The minimum atomic E-state index is -0.0890. The van der Waals surface area contributed by atoms with Crippen molar-refractivity contribution in [1.29, 1.82) is 0 Å². The van der Waals surface area contributed by atoms with Crippen LogP contribution < -0.4 is 0 Å². The van der Waals surface area contributed by atoms with Gasteiger partial charge in [0.25, 0.3) is 0 Å². The molecular formula is C22H24O4. The number of rotatable bonds is 2. The Morgan fingerprint density at radius 1 is 0.692 bits per heavy atom. The summed E-state index contributed by atoms with van der Waals surface area (Å²) in [6.45, 7) is 0. The Kier molecular flexibility index (Phi) is 3.25. The van der Waals surface area contributed by atoms with Crippen molar-refractivity contribution in [2.24, 2.45) is 17.8 Å². The minimum absolute atomic E-state index is 0.0643. The molecule has 4 N–H and O–H groups in total. The van der Waals surface area contributed by atoms with Crippen LogP contribution >= 0.6 is 0 Å². The first-order chi connectivity index (χ1) is 12.5. The second-order valence-electron chi connectivity index (χ2n) is 8.69. The summed E-state index contributed by atoms with van der Waals surface area (Å²) in [7, 11) is 0. The first kappa shape index (κ1) is 15.9. The van der Waals surface area contributed by atoms with E-state index in [1.807, 2.05) is 12.1 Å². The lowest BCUT2D eigenvalue weighted by molar-refractivity contribution is -0.0282. The lowest BCUT2D eigenvalue weighted by Gasteiger charge is -2.62. The Bertz CT molecular complexity index is 860. The Hall–Kier alpha value is -2.36. The van der Waals surface area contributed by atoms with Crippen molar-refractivity contribution in [3.8, 4) is 23.0 Å². The fourth-order valence-electron chi connectivity index (χ4n) is 6.61. The van der Waals surface area contributed by atoms with Gasteiger partial charge in [0.15, 0.2) is 23.0 Å². The van der Waals surface area contributed by atoms with Crippen LogP contribution in [0.25, 0.3) is 0 Å². The highest BCUT2D eigenvalue weighted by molar-refractivity contribution is 5.49. The topological polar surface area (TPSA) is 80.9 Å². The molecule has 2 aromatic rings. The van der Waals surface area contributed by atoms with Gasteiger partial charge in [-0.3, -0.25) is 0 Å². The lowest BCUT2D eigenvalue weighted by Crippen LogP contribution is -2.53. The summed E-state index contributed by atoms with van der Waals surface area (Å²) in [4.78, 5) is 0. The fraction of sp³-hybridized carbons (Fsp3) is 0.455. The highest BCUT2D eigenvalue weighted by atomic mass is 16.3. The van der Waals surface area contributed by atoms with Gasteiger partial charge in [-0.15, -0.1) is 0 Å². The third kappa shape index (κ3) is 2.14. The van der Waals surface area contributed by atoms with Crippen LogP contribution in [0.1, 0.15) is 49.1 Å². The molecule has 4 heteroatoms. The molecule has 26 heavy (non-hydrogen) atoms. The number of hydrogen-bond acceptors (Lipinski definition) is 4. The molecule has 6 rings (SSSR count). The van der Waals surface area contributed by atoms with E-state index >= 15 is 0 Å². The van der Waals surface area contributed by atoms with E-state index in [2.05, 4.69) is 0 Å². The standard InChI is InChI=1S/C22H24O4/c23-17-3-1-14(8-19(17)25)21-15-6-12-5-13(7-15)11-22(21,10-12)16-2-4-18(24)20(26)9-16/h1-4,8-9,12-13,15,21,23-26H,5-7,10-11H2. The van der Waals surface area contributed by atoms with Gasteiger partial charge in [-0.1, -0.05) is 12.1 Å². The molecule has 4 aliphatic rings. The second-order valence-corrected chi connectivity index (χ2v) is 8.69. The molecule has 4 fully saturated rings. The van der Waals surface area contributed by atoms with Gasteiger partial charge in [0.05, 0.1) is 0 Å². The first-order valence-corrected chi connectivity index (χ1v) is 9.50. The largest absolute Gasteiger partial charge is 0.504 e.